The summed E-state index contributed by atoms with van der Waals surface area (Å²) in [4.78, 5) is 11.7. The van der Waals surface area contributed by atoms with Crippen LogP contribution in [0.2, 0.25) is 0 Å². The van der Waals surface area contributed by atoms with Gasteiger partial charge < -0.3 is 15.2 Å². The number of aliphatic hydroxyl groups is 1. The number of nitrogens with one attached hydrogen (secondary N) is 1. The quantitative estimate of drug-likeness (QED) is 0.572. The number of hydrogen-bond acceptors (Lipinski definition) is 6. The lowest BCUT2D eigenvalue weighted by atomic mass is 9.93. The number of ether oxygens (including phenoxy) is 1. The van der Waals surface area contributed by atoms with Gasteiger partial charge in [-0.05, 0) is 74.9 Å². The van der Waals surface area contributed by atoms with Crippen LogP contribution in [-0.2, 0) is 13.2 Å². The van der Waals surface area contributed by atoms with E-state index in [0.29, 0.717) is 18.6 Å². The molecule has 0 radical (unpaired) electrons. The number of aliphatic hydroxyl groups excluding tert-OH is 1. The van der Waals surface area contributed by atoms with Gasteiger partial charge in [-0.3, -0.25) is 4.90 Å². The molecule has 5 rings (SSSR count). The van der Waals surface area contributed by atoms with Gasteiger partial charge in [-0.1, -0.05) is 24.3 Å². The molecular weight excluding hydrogens is 400 g/mol. The monoisotopic (exact) mass is 432 g/mol. The van der Waals surface area contributed by atoms with Gasteiger partial charge in [0.05, 0.1) is 11.6 Å². The average Bonchev–Trinajstić information content (AvgIpc) is 3.33. The van der Waals surface area contributed by atoms with Gasteiger partial charge in [-0.2, -0.15) is 0 Å². The molecular formula is C26H32N4O2. The van der Waals surface area contributed by atoms with E-state index in [-0.39, 0.29) is 6.10 Å². The predicted molar refractivity (Wildman–Crippen MR) is 127 cm³/mol. The maximum absolute atomic E-state index is 9.71. The van der Waals surface area contributed by atoms with E-state index in [1.165, 1.54) is 37.1 Å². The van der Waals surface area contributed by atoms with E-state index in [2.05, 4.69) is 39.5 Å². The number of likely N-dealkylation sites (tertiary alicyclic amines) is 1. The highest BCUT2D eigenvalue weighted by atomic mass is 16.5. The highest BCUT2D eigenvalue weighted by Crippen LogP contribution is 2.24. The standard InChI is InChI=1S/C26H32N4O2/c31-23-10-8-22(9-11-23)28-26-27-16-19-7-12-24(15-25(19)29-26)32-18-21-6-2-1-5-20(21)17-30-13-3-4-14-30/h1-2,5-7,12,15-16,22-23,31H,3-4,8-11,13-14,17-18H2,(H,27,28,29). The second kappa shape index (κ2) is 9.84. The fourth-order valence-electron chi connectivity index (χ4n) is 4.76. The van der Waals surface area contributed by atoms with E-state index in [1.54, 1.807) is 0 Å². The van der Waals surface area contributed by atoms with Crippen molar-refractivity contribution in [2.24, 2.45) is 0 Å². The molecule has 2 aromatic carbocycles. The minimum atomic E-state index is -0.161. The van der Waals surface area contributed by atoms with E-state index in [0.717, 1.165) is 48.9 Å². The molecule has 6 heteroatoms. The summed E-state index contributed by atoms with van der Waals surface area (Å²) >= 11 is 0. The van der Waals surface area contributed by atoms with Crippen molar-refractivity contribution >= 4 is 16.9 Å². The fraction of sp³-hybridized carbons (Fsp3) is 0.462. The minimum Gasteiger partial charge on any atom is -0.489 e. The Bertz CT molecular complexity index is 1040. The largest absolute Gasteiger partial charge is 0.489 e. The van der Waals surface area contributed by atoms with Crippen LogP contribution in [0.3, 0.4) is 0 Å². The summed E-state index contributed by atoms with van der Waals surface area (Å²) in [5.41, 5.74) is 3.46. The van der Waals surface area contributed by atoms with Gasteiger partial charge in [0.1, 0.15) is 12.4 Å². The number of aromatic nitrogens is 2. The fourth-order valence-corrected chi connectivity index (χ4v) is 4.76. The molecule has 2 N–H and O–H groups in total. The number of nitrogens with zero attached hydrogens (tertiary/aromatic N) is 3. The van der Waals surface area contributed by atoms with Gasteiger partial charge >= 0.3 is 0 Å². The van der Waals surface area contributed by atoms with E-state index in [9.17, 15) is 5.11 Å². The molecule has 3 aromatic rings. The smallest absolute Gasteiger partial charge is 0.223 e. The molecule has 2 heterocycles. The van der Waals surface area contributed by atoms with Crippen molar-refractivity contribution in [3.05, 3.63) is 59.8 Å². The molecule has 2 aliphatic rings. The lowest BCUT2D eigenvalue weighted by molar-refractivity contribution is 0.126. The molecule has 1 aliphatic carbocycles. The Kier molecular flexibility index (Phi) is 6.51. The zero-order valence-electron chi connectivity index (χ0n) is 18.5. The van der Waals surface area contributed by atoms with Crippen LogP contribution in [0.1, 0.15) is 49.7 Å². The molecule has 1 aliphatic heterocycles. The summed E-state index contributed by atoms with van der Waals surface area (Å²) in [7, 11) is 0. The number of hydrogen-bond donors (Lipinski definition) is 2. The number of fused-ring (bicyclic) bond motifs is 1. The third-order valence-corrected chi connectivity index (χ3v) is 6.69. The molecule has 2 fully saturated rings. The molecule has 32 heavy (non-hydrogen) atoms. The molecule has 168 valence electrons. The van der Waals surface area contributed by atoms with Gasteiger partial charge in [0.15, 0.2) is 0 Å². The summed E-state index contributed by atoms with van der Waals surface area (Å²) in [6.07, 6.45) is 7.87. The van der Waals surface area contributed by atoms with Crippen molar-refractivity contribution in [1.82, 2.24) is 14.9 Å². The molecule has 1 aromatic heterocycles. The van der Waals surface area contributed by atoms with Crippen molar-refractivity contribution in [3.8, 4) is 5.75 Å². The third kappa shape index (κ3) is 5.19. The van der Waals surface area contributed by atoms with Crippen LogP contribution >= 0.6 is 0 Å². The molecule has 0 bridgehead atoms. The van der Waals surface area contributed by atoms with Gasteiger partial charge in [-0.15, -0.1) is 0 Å². The Morgan fingerprint density at radius 3 is 2.59 bits per heavy atom. The van der Waals surface area contributed by atoms with Crippen molar-refractivity contribution in [2.75, 3.05) is 18.4 Å². The van der Waals surface area contributed by atoms with Crippen molar-refractivity contribution in [1.29, 1.82) is 0 Å². The first-order valence-corrected chi connectivity index (χ1v) is 11.9. The topological polar surface area (TPSA) is 70.5 Å². The summed E-state index contributed by atoms with van der Waals surface area (Å²) in [6, 6.07) is 14.9. The minimum absolute atomic E-state index is 0.161. The van der Waals surface area contributed by atoms with Crippen LogP contribution in [0.15, 0.2) is 48.7 Å². The first-order chi connectivity index (χ1) is 15.7. The Morgan fingerprint density at radius 2 is 1.78 bits per heavy atom. The van der Waals surface area contributed by atoms with Crippen LogP contribution < -0.4 is 10.1 Å². The average molecular weight is 433 g/mol. The molecule has 0 amide bonds. The predicted octanol–water partition coefficient (Wildman–Crippen LogP) is 4.52. The normalized spacial score (nSPS) is 21.7. The number of rotatable bonds is 7. The second-order valence-electron chi connectivity index (χ2n) is 9.10. The zero-order valence-corrected chi connectivity index (χ0v) is 18.5. The van der Waals surface area contributed by atoms with E-state index < -0.39 is 0 Å². The number of anilines is 1. The molecule has 1 saturated heterocycles. The van der Waals surface area contributed by atoms with E-state index in [1.807, 2.05) is 24.4 Å². The SMILES string of the molecule is OC1CCC(Nc2ncc3ccc(OCc4ccccc4CN4CCCC4)cc3n2)CC1. The molecule has 0 spiro atoms. The molecule has 1 saturated carbocycles. The first kappa shape index (κ1) is 21.2. The van der Waals surface area contributed by atoms with E-state index >= 15 is 0 Å². The summed E-state index contributed by atoms with van der Waals surface area (Å²) in [5, 5.41) is 14.1. The van der Waals surface area contributed by atoms with Gasteiger partial charge in [0, 0.05) is 30.2 Å². The van der Waals surface area contributed by atoms with Crippen LogP contribution in [0.25, 0.3) is 10.9 Å². The Morgan fingerprint density at radius 1 is 1.00 bits per heavy atom. The van der Waals surface area contributed by atoms with Gasteiger partial charge in [-0.25, -0.2) is 9.97 Å². The molecule has 0 unspecified atom stereocenters. The highest BCUT2D eigenvalue weighted by Gasteiger charge is 2.20. The first-order valence-electron chi connectivity index (χ1n) is 11.9. The second-order valence-corrected chi connectivity index (χ2v) is 9.10. The summed E-state index contributed by atoms with van der Waals surface area (Å²) < 4.78 is 6.18. The zero-order chi connectivity index (χ0) is 21.8. The van der Waals surface area contributed by atoms with Crippen molar-refractivity contribution in [2.45, 2.75) is 63.8 Å². The maximum atomic E-state index is 9.71. The summed E-state index contributed by atoms with van der Waals surface area (Å²) in [5.74, 6) is 1.46. The molecule has 6 nitrogen and oxygen atoms in total. The van der Waals surface area contributed by atoms with Gasteiger partial charge in [0.25, 0.3) is 0 Å². The van der Waals surface area contributed by atoms with Crippen LogP contribution in [0, 0.1) is 0 Å². The van der Waals surface area contributed by atoms with Crippen LogP contribution in [0.5, 0.6) is 5.75 Å². The third-order valence-electron chi connectivity index (χ3n) is 6.69. The van der Waals surface area contributed by atoms with Crippen molar-refractivity contribution in [3.63, 3.8) is 0 Å². The number of benzene rings is 2. The van der Waals surface area contributed by atoms with Crippen molar-refractivity contribution < 1.29 is 9.84 Å². The Balaban J connectivity index is 1.26. The highest BCUT2D eigenvalue weighted by molar-refractivity contribution is 5.80. The molecule has 0 atom stereocenters. The lowest BCUT2D eigenvalue weighted by Crippen LogP contribution is -2.28. The lowest BCUT2D eigenvalue weighted by Gasteiger charge is -2.26. The van der Waals surface area contributed by atoms with E-state index in [4.69, 9.17) is 9.72 Å². The summed E-state index contributed by atoms with van der Waals surface area (Å²) in [6.45, 7) is 3.93. The maximum Gasteiger partial charge on any atom is 0.223 e. The Labute approximate surface area is 189 Å². The van der Waals surface area contributed by atoms with Crippen LogP contribution in [-0.4, -0.2) is 45.2 Å². The van der Waals surface area contributed by atoms with Crippen LogP contribution in [0.4, 0.5) is 5.95 Å². The Hall–Kier alpha value is -2.70. The van der Waals surface area contributed by atoms with Gasteiger partial charge in [0.2, 0.25) is 5.95 Å².